The molecule has 1 aromatic carbocycles. The summed E-state index contributed by atoms with van der Waals surface area (Å²) >= 11 is 0. The molecule has 1 fully saturated rings. The van der Waals surface area contributed by atoms with Crippen molar-refractivity contribution in [2.24, 2.45) is 0 Å². The number of nitrogens with one attached hydrogen (secondary N) is 2. The molecule has 2 amide bonds. The molecule has 23 heavy (non-hydrogen) atoms. The molecule has 1 saturated heterocycles. The zero-order valence-corrected chi connectivity index (χ0v) is 14.1. The molecule has 0 radical (unpaired) electrons. The molecule has 1 heterocycles. The van der Waals surface area contributed by atoms with E-state index in [9.17, 15) is 9.59 Å². The van der Waals surface area contributed by atoms with Crippen LogP contribution in [0.1, 0.15) is 12.0 Å². The van der Waals surface area contributed by atoms with Crippen molar-refractivity contribution in [1.29, 1.82) is 0 Å². The number of nitrogens with zero attached hydrogens (tertiary/aromatic N) is 2. The maximum atomic E-state index is 12.5. The van der Waals surface area contributed by atoms with Crippen LogP contribution in [0.25, 0.3) is 0 Å². The van der Waals surface area contributed by atoms with Gasteiger partial charge in [-0.15, -0.1) is 0 Å². The number of hydrogen-bond acceptors (Lipinski definition) is 4. The summed E-state index contributed by atoms with van der Waals surface area (Å²) < 4.78 is 0. The van der Waals surface area contributed by atoms with Gasteiger partial charge in [-0.3, -0.25) is 9.59 Å². The Labute approximate surface area is 137 Å². The van der Waals surface area contributed by atoms with Crippen molar-refractivity contribution in [1.82, 2.24) is 15.5 Å². The molecule has 6 nitrogen and oxygen atoms in total. The van der Waals surface area contributed by atoms with Crippen LogP contribution in [0.2, 0.25) is 0 Å². The van der Waals surface area contributed by atoms with Gasteiger partial charge in [-0.25, -0.2) is 0 Å². The quantitative estimate of drug-likeness (QED) is 0.823. The zero-order chi connectivity index (χ0) is 16.8. The fourth-order valence-corrected chi connectivity index (χ4v) is 2.81. The monoisotopic (exact) mass is 318 g/mol. The Kier molecular flexibility index (Phi) is 5.98. The van der Waals surface area contributed by atoms with Gasteiger partial charge in [-0.2, -0.15) is 0 Å². The number of rotatable bonds is 5. The summed E-state index contributed by atoms with van der Waals surface area (Å²) in [5.41, 5.74) is 2.29. The second kappa shape index (κ2) is 7.97. The lowest BCUT2D eigenvalue weighted by atomic mass is 10.1. The van der Waals surface area contributed by atoms with Crippen molar-refractivity contribution in [3.05, 3.63) is 29.8 Å². The summed E-state index contributed by atoms with van der Waals surface area (Å²) in [5.74, 6) is -0.0859. The number of carbonyl (C=O) groups excluding carboxylic acids is 2. The topological polar surface area (TPSA) is 64.7 Å². The third-order valence-corrected chi connectivity index (χ3v) is 4.22. The van der Waals surface area contributed by atoms with Crippen molar-refractivity contribution < 1.29 is 9.59 Å². The first-order valence-electron chi connectivity index (χ1n) is 8.02. The molecule has 2 N–H and O–H groups in total. The van der Waals surface area contributed by atoms with Gasteiger partial charge in [0.25, 0.3) is 0 Å². The second-order valence-electron chi connectivity index (χ2n) is 5.93. The van der Waals surface area contributed by atoms with Crippen LogP contribution in [0.3, 0.4) is 0 Å². The van der Waals surface area contributed by atoms with Crippen molar-refractivity contribution in [2.75, 3.05) is 45.2 Å². The fraction of sp³-hybridized carbons (Fsp3) is 0.529. The number of amides is 2. The van der Waals surface area contributed by atoms with Gasteiger partial charge < -0.3 is 20.4 Å². The summed E-state index contributed by atoms with van der Waals surface area (Å²) in [7, 11) is 3.58. The number of piperazine rings is 1. The smallest absolute Gasteiger partial charge is 0.243 e. The highest BCUT2D eigenvalue weighted by molar-refractivity contribution is 5.88. The Morgan fingerprint density at radius 1 is 1.43 bits per heavy atom. The van der Waals surface area contributed by atoms with E-state index < -0.39 is 6.04 Å². The molecule has 0 aliphatic carbocycles. The SMILES string of the molecule is CNC(=O)[C@H]1CNCCN1C(=O)CCN(C)c1cccc(C)c1. The second-order valence-corrected chi connectivity index (χ2v) is 5.93. The number of benzene rings is 1. The van der Waals surface area contributed by atoms with E-state index in [1.807, 2.05) is 19.2 Å². The average Bonchev–Trinajstić information content (AvgIpc) is 2.58. The van der Waals surface area contributed by atoms with E-state index in [-0.39, 0.29) is 11.8 Å². The Morgan fingerprint density at radius 2 is 2.22 bits per heavy atom. The van der Waals surface area contributed by atoms with Crippen LogP contribution in [0.4, 0.5) is 5.69 Å². The molecule has 6 heteroatoms. The van der Waals surface area contributed by atoms with E-state index in [0.29, 0.717) is 26.1 Å². The molecular weight excluding hydrogens is 292 g/mol. The summed E-state index contributed by atoms with van der Waals surface area (Å²) in [5, 5.41) is 5.80. The van der Waals surface area contributed by atoms with Crippen LogP contribution in [0.15, 0.2) is 24.3 Å². The third-order valence-electron chi connectivity index (χ3n) is 4.22. The van der Waals surface area contributed by atoms with Gasteiger partial charge in [-0.1, -0.05) is 12.1 Å². The predicted octanol–water partition coefficient (Wildman–Crippen LogP) is 0.368. The van der Waals surface area contributed by atoms with Crippen LogP contribution in [0.5, 0.6) is 0 Å². The first-order chi connectivity index (χ1) is 11.0. The minimum absolute atomic E-state index is 0.0274. The predicted molar refractivity (Wildman–Crippen MR) is 91.5 cm³/mol. The molecule has 1 aliphatic rings. The third kappa shape index (κ3) is 4.45. The van der Waals surface area contributed by atoms with Crippen LogP contribution in [-0.2, 0) is 9.59 Å². The van der Waals surface area contributed by atoms with Crippen LogP contribution in [0, 0.1) is 6.92 Å². The van der Waals surface area contributed by atoms with E-state index in [1.165, 1.54) is 5.56 Å². The molecular formula is C17H26N4O2. The molecule has 0 bridgehead atoms. The molecule has 1 aromatic rings. The Balaban J connectivity index is 1.93. The number of anilines is 1. The first-order valence-corrected chi connectivity index (χ1v) is 8.02. The lowest BCUT2D eigenvalue weighted by Gasteiger charge is -2.35. The maximum absolute atomic E-state index is 12.5. The summed E-state index contributed by atoms with van der Waals surface area (Å²) in [6.45, 7) is 4.50. The minimum atomic E-state index is -0.412. The summed E-state index contributed by atoms with van der Waals surface area (Å²) in [6.07, 6.45) is 0.401. The molecule has 0 unspecified atom stereocenters. The Bertz CT molecular complexity index is 561. The summed E-state index contributed by atoms with van der Waals surface area (Å²) in [6, 6.07) is 7.79. The van der Waals surface area contributed by atoms with E-state index in [4.69, 9.17) is 0 Å². The fourth-order valence-electron chi connectivity index (χ4n) is 2.81. The van der Waals surface area contributed by atoms with Gasteiger partial charge in [0.05, 0.1) is 0 Å². The number of aryl methyl sites for hydroxylation is 1. The molecule has 1 atom stereocenters. The average molecular weight is 318 g/mol. The molecule has 0 spiro atoms. The Morgan fingerprint density at radius 3 is 2.91 bits per heavy atom. The highest BCUT2D eigenvalue weighted by atomic mass is 16.2. The van der Waals surface area contributed by atoms with Crippen molar-refractivity contribution >= 4 is 17.5 Å². The van der Waals surface area contributed by atoms with E-state index in [2.05, 4.69) is 34.6 Å². The van der Waals surface area contributed by atoms with Gasteiger partial charge in [0.15, 0.2) is 0 Å². The van der Waals surface area contributed by atoms with Gasteiger partial charge in [-0.05, 0) is 24.6 Å². The van der Waals surface area contributed by atoms with Crippen LogP contribution >= 0.6 is 0 Å². The van der Waals surface area contributed by atoms with Gasteiger partial charge in [0.1, 0.15) is 6.04 Å². The first kappa shape index (κ1) is 17.3. The standard InChI is InChI=1S/C17H26N4O2/c1-13-5-4-6-14(11-13)20(3)9-7-16(22)21-10-8-19-12-15(21)17(23)18-2/h4-6,11,15,19H,7-10,12H2,1-3H3,(H,18,23)/t15-/m1/s1. The minimum Gasteiger partial charge on any atom is -0.374 e. The van der Waals surface area contributed by atoms with Crippen molar-refractivity contribution in [3.8, 4) is 0 Å². The van der Waals surface area contributed by atoms with Gasteiger partial charge >= 0.3 is 0 Å². The normalized spacial score (nSPS) is 17.7. The lowest BCUT2D eigenvalue weighted by Crippen LogP contribution is -2.59. The summed E-state index contributed by atoms with van der Waals surface area (Å²) in [4.78, 5) is 28.2. The number of likely N-dealkylation sites (N-methyl/N-ethyl adjacent to an activating group) is 1. The van der Waals surface area contributed by atoms with E-state index in [1.54, 1.807) is 11.9 Å². The Hall–Kier alpha value is -2.08. The van der Waals surface area contributed by atoms with Gasteiger partial charge in [0.2, 0.25) is 11.8 Å². The maximum Gasteiger partial charge on any atom is 0.243 e. The number of carbonyl (C=O) groups is 2. The van der Waals surface area contributed by atoms with Crippen molar-refractivity contribution in [2.45, 2.75) is 19.4 Å². The van der Waals surface area contributed by atoms with Crippen molar-refractivity contribution in [3.63, 3.8) is 0 Å². The molecule has 126 valence electrons. The van der Waals surface area contributed by atoms with E-state index >= 15 is 0 Å². The largest absolute Gasteiger partial charge is 0.374 e. The lowest BCUT2D eigenvalue weighted by molar-refractivity contribution is -0.141. The highest BCUT2D eigenvalue weighted by Crippen LogP contribution is 2.15. The van der Waals surface area contributed by atoms with Crippen LogP contribution in [-0.4, -0.2) is 63.0 Å². The molecule has 0 saturated carbocycles. The molecule has 0 aromatic heterocycles. The molecule has 1 aliphatic heterocycles. The highest BCUT2D eigenvalue weighted by Gasteiger charge is 2.31. The zero-order valence-electron chi connectivity index (χ0n) is 14.1. The van der Waals surface area contributed by atoms with Gasteiger partial charge in [0, 0.05) is 52.4 Å². The van der Waals surface area contributed by atoms with Crippen LogP contribution < -0.4 is 15.5 Å². The van der Waals surface area contributed by atoms with E-state index in [0.717, 1.165) is 12.2 Å². The molecule has 2 rings (SSSR count). The number of hydrogen-bond donors (Lipinski definition) is 2.